The van der Waals surface area contributed by atoms with Crippen LogP contribution in [0.3, 0.4) is 0 Å². The highest BCUT2D eigenvalue weighted by atomic mass is 16.5. The lowest BCUT2D eigenvalue weighted by atomic mass is 9.99. The molecule has 0 saturated heterocycles. The molecule has 3 N–H and O–H groups in total. The minimum Gasteiger partial charge on any atom is -0.493 e. The Balaban J connectivity index is 1.72. The Hall–Kier alpha value is -2.00. The van der Waals surface area contributed by atoms with Crippen molar-refractivity contribution in [3.63, 3.8) is 0 Å². The van der Waals surface area contributed by atoms with Gasteiger partial charge in [0.05, 0.1) is 6.61 Å². The van der Waals surface area contributed by atoms with Crippen molar-refractivity contribution < 1.29 is 4.74 Å². The van der Waals surface area contributed by atoms with Crippen molar-refractivity contribution in [2.24, 2.45) is 5.73 Å². The van der Waals surface area contributed by atoms with E-state index in [4.69, 9.17) is 10.5 Å². The van der Waals surface area contributed by atoms with Gasteiger partial charge in [-0.2, -0.15) is 0 Å². The van der Waals surface area contributed by atoms with Crippen LogP contribution in [-0.2, 0) is 6.54 Å². The van der Waals surface area contributed by atoms with Crippen molar-refractivity contribution in [2.45, 2.75) is 19.0 Å². The van der Waals surface area contributed by atoms with Gasteiger partial charge in [0.25, 0.3) is 0 Å². The summed E-state index contributed by atoms with van der Waals surface area (Å²) in [7, 11) is 0. The third-order valence-corrected chi connectivity index (χ3v) is 3.43. The number of rotatable bonds is 3. The van der Waals surface area contributed by atoms with Gasteiger partial charge in [0, 0.05) is 30.3 Å². The minimum atomic E-state index is 0.111. The summed E-state index contributed by atoms with van der Waals surface area (Å²) >= 11 is 0. The fraction of sp³-hybridized carbons (Fsp3) is 0.250. The van der Waals surface area contributed by atoms with Crippen molar-refractivity contribution in [1.82, 2.24) is 0 Å². The number of hydrogen-bond donors (Lipinski definition) is 2. The lowest BCUT2D eigenvalue weighted by Crippen LogP contribution is -2.20. The highest BCUT2D eigenvalue weighted by molar-refractivity contribution is 5.45. The van der Waals surface area contributed by atoms with Crippen LogP contribution in [-0.4, -0.2) is 6.61 Å². The molecule has 0 saturated carbocycles. The molecule has 98 valence electrons. The monoisotopic (exact) mass is 254 g/mol. The second-order valence-electron chi connectivity index (χ2n) is 4.84. The van der Waals surface area contributed by atoms with Crippen molar-refractivity contribution in [2.75, 3.05) is 11.9 Å². The maximum atomic E-state index is 6.07. The zero-order valence-electron chi connectivity index (χ0n) is 10.8. The van der Waals surface area contributed by atoms with Crippen molar-refractivity contribution in [3.05, 3.63) is 59.7 Å². The Bertz CT molecular complexity index is 554. The first-order valence-corrected chi connectivity index (χ1v) is 6.63. The van der Waals surface area contributed by atoms with Crippen molar-refractivity contribution in [3.8, 4) is 5.75 Å². The Morgan fingerprint density at radius 1 is 1.16 bits per heavy atom. The number of benzene rings is 2. The first-order chi connectivity index (χ1) is 9.33. The number of anilines is 1. The van der Waals surface area contributed by atoms with Crippen molar-refractivity contribution in [1.29, 1.82) is 0 Å². The van der Waals surface area contributed by atoms with Gasteiger partial charge in [-0.05, 0) is 23.8 Å². The molecule has 0 amide bonds. The van der Waals surface area contributed by atoms with Gasteiger partial charge in [-0.25, -0.2) is 0 Å². The van der Waals surface area contributed by atoms with Crippen LogP contribution in [0.4, 0.5) is 5.69 Å². The molecular formula is C16H18N2O. The average Bonchev–Trinajstić information content (AvgIpc) is 2.46. The van der Waals surface area contributed by atoms with E-state index in [2.05, 4.69) is 35.6 Å². The molecule has 0 fully saturated rings. The molecule has 1 unspecified atom stereocenters. The fourth-order valence-corrected chi connectivity index (χ4v) is 2.33. The Morgan fingerprint density at radius 3 is 2.84 bits per heavy atom. The maximum absolute atomic E-state index is 6.07. The van der Waals surface area contributed by atoms with Crippen LogP contribution in [0.5, 0.6) is 5.75 Å². The molecule has 1 aliphatic rings. The van der Waals surface area contributed by atoms with E-state index >= 15 is 0 Å². The summed E-state index contributed by atoms with van der Waals surface area (Å²) in [6.07, 6.45) is 0.897. The van der Waals surface area contributed by atoms with E-state index < -0.39 is 0 Å². The third-order valence-electron chi connectivity index (χ3n) is 3.43. The first-order valence-electron chi connectivity index (χ1n) is 6.63. The number of ether oxygens (including phenoxy) is 1. The van der Waals surface area contributed by atoms with E-state index in [0.29, 0.717) is 6.61 Å². The van der Waals surface area contributed by atoms with Gasteiger partial charge in [-0.1, -0.05) is 30.3 Å². The smallest absolute Gasteiger partial charge is 0.124 e. The number of fused-ring (bicyclic) bond motifs is 1. The van der Waals surface area contributed by atoms with Crippen LogP contribution in [0.2, 0.25) is 0 Å². The summed E-state index contributed by atoms with van der Waals surface area (Å²) in [6.45, 7) is 1.50. The molecule has 0 aromatic heterocycles. The zero-order chi connectivity index (χ0) is 13.1. The number of para-hydroxylation sites is 1. The van der Waals surface area contributed by atoms with E-state index in [-0.39, 0.29) is 6.04 Å². The number of hydrogen-bond acceptors (Lipinski definition) is 3. The standard InChI is InChI=1S/C16H18N2O/c17-15-8-9-19-16-10-12(6-7-14(15)16)11-18-13-4-2-1-3-5-13/h1-7,10,15,18H,8-9,11,17H2. The third kappa shape index (κ3) is 2.71. The molecule has 1 atom stereocenters. The average molecular weight is 254 g/mol. The first kappa shape index (κ1) is 12.1. The second kappa shape index (κ2) is 5.33. The summed E-state index contributed by atoms with van der Waals surface area (Å²) in [5.41, 5.74) is 9.51. The van der Waals surface area contributed by atoms with Crippen LogP contribution >= 0.6 is 0 Å². The van der Waals surface area contributed by atoms with E-state index in [1.165, 1.54) is 5.56 Å². The predicted molar refractivity (Wildman–Crippen MR) is 77.3 cm³/mol. The summed E-state index contributed by atoms with van der Waals surface area (Å²) in [5, 5.41) is 3.39. The molecule has 3 heteroatoms. The quantitative estimate of drug-likeness (QED) is 0.885. The van der Waals surface area contributed by atoms with Gasteiger partial charge in [-0.15, -0.1) is 0 Å². The van der Waals surface area contributed by atoms with Gasteiger partial charge in [0.1, 0.15) is 5.75 Å². The van der Waals surface area contributed by atoms with E-state index in [1.807, 2.05) is 18.2 Å². The SMILES string of the molecule is NC1CCOc2cc(CNc3ccccc3)ccc21. The molecule has 0 aliphatic carbocycles. The van der Waals surface area contributed by atoms with Gasteiger partial charge < -0.3 is 15.8 Å². The number of nitrogens with one attached hydrogen (secondary N) is 1. The van der Waals surface area contributed by atoms with Crippen LogP contribution in [0.1, 0.15) is 23.6 Å². The highest BCUT2D eigenvalue weighted by Crippen LogP contribution is 2.31. The minimum absolute atomic E-state index is 0.111. The highest BCUT2D eigenvalue weighted by Gasteiger charge is 2.17. The molecular weight excluding hydrogens is 236 g/mol. The van der Waals surface area contributed by atoms with Crippen LogP contribution in [0.15, 0.2) is 48.5 Å². The molecule has 3 nitrogen and oxygen atoms in total. The van der Waals surface area contributed by atoms with Crippen LogP contribution < -0.4 is 15.8 Å². The summed E-state index contributed by atoms with van der Waals surface area (Å²) in [5.74, 6) is 0.936. The normalized spacial score (nSPS) is 17.4. The summed E-state index contributed by atoms with van der Waals surface area (Å²) in [6, 6.07) is 16.6. The van der Waals surface area contributed by atoms with Crippen LogP contribution in [0, 0.1) is 0 Å². The van der Waals surface area contributed by atoms with Gasteiger partial charge in [-0.3, -0.25) is 0 Å². The lowest BCUT2D eigenvalue weighted by molar-refractivity contribution is 0.269. The van der Waals surface area contributed by atoms with E-state index in [0.717, 1.165) is 30.0 Å². The molecule has 3 rings (SSSR count). The van der Waals surface area contributed by atoms with E-state index in [1.54, 1.807) is 0 Å². The van der Waals surface area contributed by atoms with Gasteiger partial charge >= 0.3 is 0 Å². The van der Waals surface area contributed by atoms with Gasteiger partial charge in [0.15, 0.2) is 0 Å². The molecule has 1 heterocycles. The Morgan fingerprint density at radius 2 is 2.00 bits per heavy atom. The molecule has 1 aliphatic heterocycles. The maximum Gasteiger partial charge on any atom is 0.124 e. The fourth-order valence-electron chi connectivity index (χ4n) is 2.33. The summed E-state index contributed by atoms with van der Waals surface area (Å²) < 4.78 is 5.68. The molecule has 19 heavy (non-hydrogen) atoms. The topological polar surface area (TPSA) is 47.3 Å². The molecule has 2 aromatic carbocycles. The summed E-state index contributed by atoms with van der Waals surface area (Å²) in [4.78, 5) is 0. The van der Waals surface area contributed by atoms with E-state index in [9.17, 15) is 0 Å². The Labute approximate surface area is 113 Å². The number of nitrogens with two attached hydrogens (primary N) is 1. The molecule has 0 spiro atoms. The van der Waals surface area contributed by atoms with Gasteiger partial charge in [0.2, 0.25) is 0 Å². The molecule has 0 bridgehead atoms. The van der Waals surface area contributed by atoms with Crippen molar-refractivity contribution >= 4 is 5.69 Å². The molecule has 2 aromatic rings. The van der Waals surface area contributed by atoms with Crippen LogP contribution in [0.25, 0.3) is 0 Å². The second-order valence-corrected chi connectivity index (χ2v) is 4.84. The molecule has 0 radical (unpaired) electrons. The predicted octanol–water partition coefficient (Wildman–Crippen LogP) is 3.08. The Kier molecular flexibility index (Phi) is 3.38. The zero-order valence-corrected chi connectivity index (χ0v) is 10.8. The lowest BCUT2D eigenvalue weighted by Gasteiger charge is -2.23. The largest absolute Gasteiger partial charge is 0.493 e.